The van der Waals surface area contributed by atoms with E-state index in [0.717, 1.165) is 12.0 Å². The number of aliphatic hydroxyl groups excluding tert-OH is 2. The molecule has 0 aromatic rings. The van der Waals surface area contributed by atoms with Crippen LogP contribution in [0.2, 0.25) is 0 Å². The molecule has 65 heavy (non-hydrogen) atoms. The van der Waals surface area contributed by atoms with Gasteiger partial charge in [0, 0.05) is 58.5 Å². The Labute approximate surface area is 387 Å². The van der Waals surface area contributed by atoms with Crippen molar-refractivity contribution >= 4 is 29.2 Å². The number of rotatable bonds is 6. The number of nitrogens with zero attached hydrogens (tertiary/aromatic N) is 1. The van der Waals surface area contributed by atoms with E-state index in [4.69, 9.17) is 23.7 Å². The minimum Gasteiger partial charge on any atom is -0.460 e. The van der Waals surface area contributed by atoms with E-state index in [1.54, 1.807) is 41.1 Å². The molecule has 2 saturated heterocycles. The van der Waals surface area contributed by atoms with Crippen LogP contribution in [-0.2, 0) is 47.7 Å². The van der Waals surface area contributed by atoms with Gasteiger partial charge < -0.3 is 43.9 Å². The van der Waals surface area contributed by atoms with Gasteiger partial charge in [0.15, 0.2) is 5.78 Å². The molecule has 3 aliphatic heterocycles. The van der Waals surface area contributed by atoms with Crippen molar-refractivity contribution in [2.24, 2.45) is 35.5 Å². The molecule has 0 radical (unpaired) electrons. The van der Waals surface area contributed by atoms with Gasteiger partial charge in [0.05, 0.1) is 24.4 Å². The van der Waals surface area contributed by atoms with Crippen LogP contribution >= 0.6 is 0 Å². The van der Waals surface area contributed by atoms with E-state index in [1.165, 1.54) is 12.0 Å². The highest BCUT2D eigenvalue weighted by molar-refractivity contribution is 6.39. The maximum absolute atomic E-state index is 14.4. The normalized spacial score (nSPS) is 40.4. The molecular formula is C51H79NO13. The summed E-state index contributed by atoms with van der Waals surface area (Å²) in [4.78, 5) is 71.8. The Bertz CT molecular complexity index is 1760. The Morgan fingerprint density at radius 1 is 0.846 bits per heavy atom. The first kappa shape index (κ1) is 54.2. The van der Waals surface area contributed by atoms with E-state index in [9.17, 15) is 39.3 Å². The van der Waals surface area contributed by atoms with Crippen LogP contribution in [-0.4, -0.2) is 132 Å². The first-order valence-corrected chi connectivity index (χ1v) is 23.9. The molecule has 1 amide bonds. The number of Topliss-reactive ketones (excluding diaryl/α,β-unsaturated/α-hetero) is 3. The second-order valence-corrected chi connectivity index (χ2v) is 19.6. The second-order valence-electron chi connectivity index (χ2n) is 19.6. The number of carbonyl (C=O) groups is 5. The molecule has 0 aromatic carbocycles. The van der Waals surface area contributed by atoms with Gasteiger partial charge in [-0.05, 0) is 107 Å². The zero-order chi connectivity index (χ0) is 48.2. The summed E-state index contributed by atoms with van der Waals surface area (Å²) in [5.74, 6) is -7.96. The third-order valence-corrected chi connectivity index (χ3v) is 14.5. The van der Waals surface area contributed by atoms with Crippen LogP contribution in [0.5, 0.6) is 0 Å². The van der Waals surface area contributed by atoms with Crippen LogP contribution in [0.3, 0.4) is 0 Å². The predicted molar refractivity (Wildman–Crippen MR) is 245 cm³/mol. The van der Waals surface area contributed by atoms with Gasteiger partial charge in [0.25, 0.3) is 11.7 Å². The minimum atomic E-state index is -2.43. The quantitative estimate of drug-likeness (QED) is 0.156. The number of esters is 1. The molecule has 0 aromatic heterocycles. The average Bonchev–Trinajstić information content (AvgIpc) is 3.28. The second kappa shape index (κ2) is 25.1. The lowest BCUT2D eigenvalue weighted by molar-refractivity contribution is -0.265. The lowest BCUT2D eigenvalue weighted by atomic mass is 9.78. The molecule has 14 heteroatoms. The Morgan fingerprint density at radius 3 is 2.25 bits per heavy atom. The SMILES string of the molecule is COC1CC2CCC(C)[C@](O)(O2)C(=O)C(=O)N2CCCCC2C(=O)OC(C(C)CC2CCC(O)C(OC)C2)CC(=O)C(C)/C=C(/C)C(O)C(OC)C(=O)C(C)CC(C)/C=C/C=C/C=C/1C. The fourth-order valence-electron chi connectivity index (χ4n) is 10.1. The molecule has 14 nitrogen and oxygen atoms in total. The van der Waals surface area contributed by atoms with Crippen molar-refractivity contribution in [3.63, 3.8) is 0 Å². The Hall–Kier alpha value is -3.37. The number of amides is 1. The monoisotopic (exact) mass is 914 g/mol. The first-order chi connectivity index (χ1) is 30.7. The van der Waals surface area contributed by atoms with Crippen LogP contribution in [0.15, 0.2) is 47.6 Å². The largest absolute Gasteiger partial charge is 0.460 e. The molecule has 4 aliphatic rings. The van der Waals surface area contributed by atoms with Crippen molar-refractivity contribution in [3.8, 4) is 0 Å². The lowest BCUT2D eigenvalue weighted by Gasteiger charge is -2.42. The maximum Gasteiger partial charge on any atom is 0.329 e. The molecule has 1 saturated carbocycles. The smallest absolute Gasteiger partial charge is 0.329 e. The summed E-state index contributed by atoms with van der Waals surface area (Å²) in [5.41, 5.74) is 1.27. The Kier molecular flexibility index (Phi) is 21.0. The summed E-state index contributed by atoms with van der Waals surface area (Å²) in [6.45, 7) is 12.7. The maximum atomic E-state index is 14.4. The summed E-state index contributed by atoms with van der Waals surface area (Å²) in [6.07, 6.45) is 11.2. The van der Waals surface area contributed by atoms with Crippen LogP contribution in [0, 0.1) is 35.5 Å². The number of carbonyl (C=O) groups excluding carboxylic acids is 5. The fraction of sp³-hybridized carbons (Fsp3) is 0.745. The highest BCUT2D eigenvalue weighted by Crippen LogP contribution is 2.38. The van der Waals surface area contributed by atoms with E-state index < -0.39 is 83.9 Å². The molecule has 3 fully saturated rings. The topological polar surface area (TPSA) is 195 Å². The van der Waals surface area contributed by atoms with Gasteiger partial charge in [0.2, 0.25) is 5.79 Å². The van der Waals surface area contributed by atoms with Gasteiger partial charge in [-0.3, -0.25) is 19.2 Å². The Balaban J connectivity index is 1.70. The van der Waals surface area contributed by atoms with Crippen molar-refractivity contribution < 1.29 is 63.0 Å². The standard InChI is InChI=1S/C51H79NO13/c1-30-16-12-11-13-17-31(2)42(61-8)28-38-21-19-36(7)51(60,65-38)48(57)49(58)52-23-15-14-18-39(52)50(59)64-43(33(4)26-37-20-22-40(53)44(27-37)62-9)29-41(54)32(3)25-35(6)46(56)47(63-10)45(55)34(5)24-30/h11-13,16-17,25,30,32-34,36-40,42-44,46-47,53,56,60H,14-15,18-24,26-29H2,1-10H3/b13-11+,16-12+,31-17+,35-25-/t30?,32?,33?,34?,36?,37?,38?,39?,40?,42?,43?,44?,46?,47?,51-/m0/s1. The van der Waals surface area contributed by atoms with E-state index in [-0.39, 0.29) is 54.8 Å². The summed E-state index contributed by atoms with van der Waals surface area (Å²) >= 11 is 0. The number of allylic oxidation sites excluding steroid dienone is 6. The van der Waals surface area contributed by atoms with E-state index >= 15 is 0 Å². The summed E-state index contributed by atoms with van der Waals surface area (Å²) < 4.78 is 29.4. The van der Waals surface area contributed by atoms with Gasteiger partial charge in [-0.15, -0.1) is 0 Å². The number of cyclic esters (lactones) is 1. The molecule has 1 aliphatic carbocycles. The average molecular weight is 914 g/mol. The van der Waals surface area contributed by atoms with Crippen molar-refractivity contribution in [1.29, 1.82) is 0 Å². The highest BCUT2D eigenvalue weighted by Gasteiger charge is 2.53. The van der Waals surface area contributed by atoms with Crippen molar-refractivity contribution in [2.75, 3.05) is 27.9 Å². The molecule has 4 rings (SSSR count). The number of methoxy groups -OCH3 is 3. The summed E-state index contributed by atoms with van der Waals surface area (Å²) in [7, 11) is 4.52. The molecule has 0 spiro atoms. The number of aliphatic hydroxyl groups is 3. The molecule has 366 valence electrons. The number of fused-ring (bicyclic) bond motifs is 3. The highest BCUT2D eigenvalue weighted by atomic mass is 16.6. The number of ether oxygens (including phenoxy) is 5. The van der Waals surface area contributed by atoms with E-state index in [2.05, 4.69) is 0 Å². The van der Waals surface area contributed by atoms with Crippen LogP contribution < -0.4 is 0 Å². The van der Waals surface area contributed by atoms with Gasteiger partial charge in [-0.2, -0.15) is 0 Å². The molecule has 15 atom stereocenters. The number of hydrogen-bond donors (Lipinski definition) is 3. The third-order valence-electron chi connectivity index (χ3n) is 14.5. The van der Waals surface area contributed by atoms with Gasteiger partial charge in [-0.25, -0.2) is 4.79 Å². The first-order valence-electron chi connectivity index (χ1n) is 23.9. The van der Waals surface area contributed by atoms with Crippen molar-refractivity contribution in [2.45, 2.75) is 180 Å². The fourth-order valence-corrected chi connectivity index (χ4v) is 10.1. The Morgan fingerprint density at radius 2 is 1.57 bits per heavy atom. The molecule has 14 unspecified atom stereocenters. The lowest BCUT2D eigenvalue weighted by Crippen LogP contribution is -2.61. The number of ketones is 3. The third kappa shape index (κ3) is 14.3. The van der Waals surface area contributed by atoms with Crippen LogP contribution in [0.25, 0.3) is 0 Å². The van der Waals surface area contributed by atoms with Crippen molar-refractivity contribution in [1.82, 2.24) is 4.90 Å². The summed E-state index contributed by atoms with van der Waals surface area (Å²) in [5, 5.41) is 33.8. The summed E-state index contributed by atoms with van der Waals surface area (Å²) in [6, 6.07) is -1.14. The number of hydrogen-bond acceptors (Lipinski definition) is 13. The van der Waals surface area contributed by atoms with Gasteiger partial charge in [-0.1, -0.05) is 71.1 Å². The molecular weight excluding hydrogens is 835 g/mol. The molecule has 2 bridgehead atoms. The minimum absolute atomic E-state index is 0.0193. The molecule has 3 N–H and O–H groups in total. The van der Waals surface area contributed by atoms with E-state index in [1.807, 2.05) is 58.1 Å². The van der Waals surface area contributed by atoms with Crippen molar-refractivity contribution in [3.05, 3.63) is 47.6 Å². The van der Waals surface area contributed by atoms with Crippen LogP contribution in [0.1, 0.15) is 126 Å². The zero-order valence-electron chi connectivity index (χ0n) is 40.6. The van der Waals surface area contributed by atoms with Gasteiger partial charge >= 0.3 is 5.97 Å². The van der Waals surface area contributed by atoms with Crippen LogP contribution in [0.4, 0.5) is 0 Å². The zero-order valence-corrected chi connectivity index (χ0v) is 40.6. The van der Waals surface area contributed by atoms with Gasteiger partial charge in [0.1, 0.15) is 30.1 Å². The van der Waals surface area contributed by atoms with E-state index in [0.29, 0.717) is 63.4 Å². The number of piperidine rings is 1. The molecule has 3 heterocycles. The predicted octanol–water partition coefficient (Wildman–Crippen LogP) is 6.18.